The van der Waals surface area contributed by atoms with Gasteiger partial charge in [-0.15, -0.1) is 0 Å². The van der Waals surface area contributed by atoms with Crippen LogP contribution in [-0.4, -0.2) is 24.0 Å². The molecule has 108 valence electrons. The molecule has 2 heteroatoms. The monoisotopic (exact) mass is 270 g/mol. The molecule has 0 radical (unpaired) electrons. The molecule has 1 saturated heterocycles. The molecule has 2 unspecified atom stereocenters. The lowest BCUT2D eigenvalue weighted by Gasteiger charge is -2.43. The molecule has 1 heterocycles. The predicted molar refractivity (Wildman–Crippen MR) is 82.6 cm³/mol. The first-order valence-electron chi connectivity index (χ1n) is 8.35. The Morgan fingerprint density at radius 3 is 2.40 bits per heavy atom. The van der Waals surface area contributed by atoms with E-state index < -0.39 is 0 Å². The zero-order chi connectivity index (χ0) is 13.6. The minimum atomic E-state index is 0.226. The van der Waals surface area contributed by atoms with Crippen LogP contribution in [0, 0.1) is 5.41 Å². The summed E-state index contributed by atoms with van der Waals surface area (Å²) in [4.78, 5) is 2.69. The highest BCUT2D eigenvalue weighted by molar-refractivity contribution is 5.37. The van der Waals surface area contributed by atoms with Gasteiger partial charge in [0.25, 0.3) is 0 Å². The van der Waals surface area contributed by atoms with E-state index in [9.17, 15) is 0 Å². The van der Waals surface area contributed by atoms with Gasteiger partial charge in [0.05, 0.1) is 0 Å². The SMILES string of the molecule is NC1c2ccccc2CC1N1CCC2(CCCC2)CC1. The number of hydrogen-bond acceptors (Lipinski definition) is 2. The van der Waals surface area contributed by atoms with Crippen LogP contribution < -0.4 is 5.73 Å². The molecule has 2 aliphatic carbocycles. The number of hydrogen-bond donors (Lipinski definition) is 1. The highest BCUT2D eigenvalue weighted by Crippen LogP contribution is 2.47. The van der Waals surface area contributed by atoms with Crippen molar-refractivity contribution in [3.05, 3.63) is 35.4 Å². The summed E-state index contributed by atoms with van der Waals surface area (Å²) < 4.78 is 0. The average Bonchev–Trinajstić information content (AvgIpc) is 3.07. The highest BCUT2D eigenvalue weighted by atomic mass is 15.2. The van der Waals surface area contributed by atoms with Gasteiger partial charge in [0.15, 0.2) is 0 Å². The van der Waals surface area contributed by atoms with Crippen LogP contribution in [0.5, 0.6) is 0 Å². The minimum Gasteiger partial charge on any atom is -0.323 e. The van der Waals surface area contributed by atoms with Crippen LogP contribution >= 0.6 is 0 Å². The quantitative estimate of drug-likeness (QED) is 0.848. The predicted octanol–water partition coefficient (Wildman–Crippen LogP) is 3.27. The van der Waals surface area contributed by atoms with E-state index in [0.717, 1.165) is 6.42 Å². The van der Waals surface area contributed by atoms with Crippen molar-refractivity contribution < 1.29 is 0 Å². The molecular weight excluding hydrogens is 244 g/mol. The van der Waals surface area contributed by atoms with E-state index in [1.54, 1.807) is 0 Å². The molecular formula is C18H26N2. The van der Waals surface area contributed by atoms with Gasteiger partial charge in [0.2, 0.25) is 0 Å². The van der Waals surface area contributed by atoms with E-state index in [1.165, 1.54) is 62.7 Å². The molecule has 0 bridgehead atoms. The maximum Gasteiger partial charge on any atom is 0.0459 e. The molecule has 0 aromatic heterocycles. The first-order chi connectivity index (χ1) is 9.77. The largest absolute Gasteiger partial charge is 0.323 e. The summed E-state index contributed by atoms with van der Waals surface area (Å²) in [6.45, 7) is 2.54. The summed E-state index contributed by atoms with van der Waals surface area (Å²) in [6, 6.07) is 9.54. The molecule has 2 N–H and O–H groups in total. The molecule has 0 amide bonds. The first-order valence-corrected chi connectivity index (χ1v) is 8.35. The van der Waals surface area contributed by atoms with Gasteiger partial charge < -0.3 is 5.73 Å². The van der Waals surface area contributed by atoms with E-state index >= 15 is 0 Å². The topological polar surface area (TPSA) is 29.3 Å². The van der Waals surface area contributed by atoms with Crippen LogP contribution in [0.15, 0.2) is 24.3 Å². The Balaban J connectivity index is 1.46. The Bertz CT molecular complexity index is 480. The summed E-state index contributed by atoms with van der Waals surface area (Å²) in [5.41, 5.74) is 10.1. The molecule has 1 aromatic carbocycles. The molecule has 2 nitrogen and oxygen atoms in total. The maximum absolute atomic E-state index is 6.52. The molecule has 1 saturated carbocycles. The summed E-state index contributed by atoms with van der Waals surface area (Å²) >= 11 is 0. The zero-order valence-corrected chi connectivity index (χ0v) is 12.4. The fourth-order valence-electron chi connectivity index (χ4n) is 4.92. The Labute approximate surface area is 122 Å². The Hall–Kier alpha value is -0.860. The van der Waals surface area contributed by atoms with Crippen molar-refractivity contribution in [3.8, 4) is 0 Å². The number of likely N-dealkylation sites (tertiary alicyclic amines) is 1. The zero-order valence-electron chi connectivity index (χ0n) is 12.4. The minimum absolute atomic E-state index is 0.226. The first kappa shape index (κ1) is 12.8. The smallest absolute Gasteiger partial charge is 0.0459 e. The molecule has 2 fully saturated rings. The van der Waals surface area contributed by atoms with Crippen molar-refractivity contribution in [2.24, 2.45) is 11.1 Å². The van der Waals surface area contributed by atoms with Gasteiger partial charge in [0.1, 0.15) is 0 Å². The average molecular weight is 270 g/mol. The van der Waals surface area contributed by atoms with Crippen LogP contribution in [-0.2, 0) is 6.42 Å². The molecule has 1 spiro atoms. The van der Waals surface area contributed by atoms with E-state index in [2.05, 4.69) is 29.2 Å². The van der Waals surface area contributed by atoms with Crippen molar-refractivity contribution in [3.63, 3.8) is 0 Å². The van der Waals surface area contributed by atoms with Crippen molar-refractivity contribution in [2.45, 2.75) is 57.0 Å². The summed E-state index contributed by atoms with van der Waals surface area (Å²) in [7, 11) is 0. The number of nitrogens with zero attached hydrogens (tertiary/aromatic N) is 1. The highest BCUT2D eigenvalue weighted by Gasteiger charge is 2.41. The van der Waals surface area contributed by atoms with Gasteiger partial charge in [0, 0.05) is 12.1 Å². The summed E-state index contributed by atoms with van der Waals surface area (Å²) in [6.07, 6.45) is 9.88. The van der Waals surface area contributed by atoms with Gasteiger partial charge >= 0.3 is 0 Å². The Kier molecular flexibility index (Phi) is 3.12. The lowest BCUT2D eigenvalue weighted by Crippen LogP contribution is -2.47. The number of piperidine rings is 1. The number of rotatable bonds is 1. The van der Waals surface area contributed by atoms with Gasteiger partial charge in [-0.25, -0.2) is 0 Å². The normalized spacial score (nSPS) is 32.6. The third-order valence-corrected chi connectivity index (χ3v) is 6.25. The maximum atomic E-state index is 6.52. The van der Waals surface area contributed by atoms with Crippen LogP contribution in [0.3, 0.4) is 0 Å². The fourth-order valence-corrected chi connectivity index (χ4v) is 4.92. The molecule has 1 aromatic rings. The second-order valence-electron chi connectivity index (χ2n) is 7.24. The number of fused-ring (bicyclic) bond motifs is 1. The van der Waals surface area contributed by atoms with E-state index in [0.29, 0.717) is 11.5 Å². The van der Waals surface area contributed by atoms with E-state index in [-0.39, 0.29) is 6.04 Å². The van der Waals surface area contributed by atoms with Crippen LogP contribution in [0.2, 0.25) is 0 Å². The van der Waals surface area contributed by atoms with Crippen molar-refractivity contribution >= 4 is 0 Å². The molecule has 3 aliphatic rings. The second-order valence-corrected chi connectivity index (χ2v) is 7.24. The number of nitrogens with two attached hydrogens (primary N) is 1. The van der Waals surface area contributed by atoms with Crippen molar-refractivity contribution in [1.29, 1.82) is 0 Å². The van der Waals surface area contributed by atoms with Gasteiger partial charge in [-0.2, -0.15) is 0 Å². The second kappa shape index (κ2) is 4.85. The molecule has 1 aliphatic heterocycles. The van der Waals surface area contributed by atoms with Gasteiger partial charge in [-0.1, -0.05) is 37.1 Å². The molecule has 2 atom stereocenters. The Morgan fingerprint density at radius 1 is 1.00 bits per heavy atom. The van der Waals surface area contributed by atoms with Gasteiger partial charge in [-0.05, 0) is 61.7 Å². The Morgan fingerprint density at radius 2 is 1.70 bits per heavy atom. The van der Waals surface area contributed by atoms with Crippen LogP contribution in [0.1, 0.15) is 55.7 Å². The third-order valence-electron chi connectivity index (χ3n) is 6.25. The van der Waals surface area contributed by atoms with Gasteiger partial charge in [-0.3, -0.25) is 4.90 Å². The summed E-state index contributed by atoms with van der Waals surface area (Å²) in [5, 5.41) is 0. The van der Waals surface area contributed by atoms with Crippen LogP contribution in [0.25, 0.3) is 0 Å². The third kappa shape index (κ3) is 2.01. The lowest BCUT2D eigenvalue weighted by molar-refractivity contribution is 0.0703. The number of benzene rings is 1. The fraction of sp³-hybridized carbons (Fsp3) is 0.667. The van der Waals surface area contributed by atoms with E-state index in [1.807, 2.05) is 0 Å². The van der Waals surface area contributed by atoms with Crippen LogP contribution in [0.4, 0.5) is 0 Å². The molecule has 4 rings (SSSR count). The van der Waals surface area contributed by atoms with Crippen molar-refractivity contribution in [2.75, 3.05) is 13.1 Å². The summed E-state index contributed by atoms with van der Waals surface area (Å²) in [5.74, 6) is 0. The van der Waals surface area contributed by atoms with E-state index in [4.69, 9.17) is 5.73 Å². The molecule has 20 heavy (non-hydrogen) atoms. The standard InChI is InChI=1S/C18H26N2/c19-17-15-6-2-1-5-14(15)13-16(17)20-11-9-18(10-12-20)7-3-4-8-18/h1-2,5-6,16-17H,3-4,7-13,19H2. The van der Waals surface area contributed by atoms with Crippen molar-refractivity contribution in [1.82, 2.24) is 4.90 Å². The lowest BCUT2D eigenvalue weighted by atomic mass is 9.76.